The molecule has 13 heavy (non-hydrogen) atoms. The van der Waals surface area contributed by atoms with Crippen molar-refractivity contribution in [2.24, 2.45) is 0 Å². The van der Waals surface area contributed by atoms with Crippen molar-refractivity contribution in [1.82, 2.24) is 4.90 Å². The van der Waals surface area contributed by atoms with Gasteiger partial charge >= 0.3 is 0 Å². The first-order chi connectivity index (χ1) is 6.43. The number of hydrogen-bond donors (Lipinski definition) is 0. The molecule has 0 aromatic rings. The van der Waals surface area contributed by atoms with Crippen molar-refractivity contribution in [2.45, 2.75) is 38.1 Å². The van der Waals surface area contributed by atoms with Crippen LogP contribution >= 0.6 is 0 Å². The lowest BCUT2D eigenvalue weighted by Gasteiger charge is -2.34. The van der Waals surface area contributed by atoms with E-state index in [0.29, 0.717) is 0 Å². The van der Waals surface area contributed by atoms with E-state index in [9.17, 15) is 0 Å². The number of rotatable bonds is 1. The van der Waals surface area contributed by atoms with Gasteiger partial charge in [0.15, 0.2) is 0 Å². The van der Waals surface area contributed by atoms with Gasteiger partial charge in [-0.1, -0.05) is 24.1 Å². The number of allylic oxidation sites excluding steroid dienone is 1. The van der Waals surface area contributed by atoms with Gasteiger partial charge in [-0.2, -0.15) is 0 Å². The van der Waals surface area contributed by atoms with Crippen molar-refractivity contribution >= 4 is 0 Å². The van der Waals surface area contributed by atoms with Crippen molar-refractivity contribution in [3.05, 3.63) is 23.3 Å². The molecule has 0 aromatic heterocycles. The lowest BCUT2D eigenvalue weighted by Crippen LogP contribution is -2.38. The van der Waals surface area contributed by atoms with E-state index >= 15 is 0 Å². The molecule has 70 valence electrons. The molecule has 1 aliphatic heterocycles. The Hall–Kier alpha value is -0.560. The second-order valence-corrected chi connectivity index (χ2v) is 4.56. The molecule has 0 N–H and O–H groups in total. The van der Waals surface area contributed by atoms with Gasteiger partial charge in [0.1, 0.15) is 0 Å². The second-order valence-electron chi connectivity index (χ2n) is 4.56. The predicted octanol–water partition coefficient (Wildman–Crippen LogP) is 2.50. The molecule has 0 atom stereocenters. The Bertz CT molecular complexity index is 271. The average molecular weight is 175 g/mol. The van der Waals surface area contributed by atoms with Crippen molar-refractivity contribution < 1.29 is 0 Å². The summed E-state index contributed by atoms with van der Waals surface area (Å²) in [5.74, 6) is 0. The summed E-state index contributed by atoms with van der Waals surface area (Å²) < 4.78 is 0. The van der Waals surface area contributed by atoms with Crippen LogP contribution in [0.2, 0.25) is 0 Å². The Morgan fingerprint density at radius 3 is 2.85 bits per heavy atom. The van der Waals surface area contributed by atoms with Crippen LogP contribution in [0.3, 0.4) is 0 Å². The Labute approximate surface area is 80.1 Å². The third kappa shape index (κ3) is 1.26. The van der Waals surface area contributed by atoms with E-state index in [-0.39, 0.29) is 0 Å². The second kappa shape index (κ2) is 2.98. The quantitative estimate of drug-likeness (QED) is 0.592. The summed E-state index contributed by atoms with van der Waals surface area (Å²) in [6.45, 7) is 2.53. The smallest absolute Gasteiger partial charge is 0.0240 e. The zero-order valence-corrected chi connectivity index (χ0v) is 8.13. The highest BCUT2D eigenvalue weighted by atomic mass is 15.2. The highest BCUT2D eigenvalue weighted by Gasteiger charge is 2.30. The molecule has 0 saturated heterocycles. The summed E-state index contributed by atoms with van der Waals surface area (Å²) in [6.07, 6.45) is 11.7. The summed E-state index contributed by atoms with van der Waals surface area (Å²) in [4.78, 5) is 2.68. The molecule has 1 nitrogen and oxygen atoms in total. The maximum Gasteiger partial charge on any atom is 0.0240 e. The van der Waals surface area contributed by atoms with Crippen LogP contribution in [0, 0.1) is 0 Å². The van der Waals surface area contributed by atoms with E-state index < -0.39 is 0 Å². The molecule has 1 fully saturated rings. The van der Waals surface area contributed by atoms with Gasteiger partial charge in [-0.15, -0.1) is 0 Å². The molecule has 1 saturated carbocycles. The summed E-state index contributed by atoms with van der Waals surface area (Å²) in [6, 6.07) is 0.930. The Morgan fingerprint density at radius 1 is 1.23 bits per heavy atom. The van der Waals surface area contributed by atoms with Gasteiger partial charge in [-0.05, 0) is 31.3 Å². The van der Waals surface area contributed by atoms with Crippen molar-refractivity contribution in [3.8, 4) is 0 Å². The van der Waals surface area contributed by atoms with E-state index in [1.165, 1.54) is 45.2 Å². The lowest BCUT2D eigenvalue weighted by atomic mass is 9.92. The Kier molecular flexibility index (Phi) is 1.79. The topological polar surface area (TPSA) is 3.24 Å². The maximum atomic E-state index is 2.68. The number of nitrogens with zero attached hydrogens (tertiary/aromatic N) is 1. The molecule has 1 heteroatoms. The minimum atomic E-state index is 0.930. The van der Waals surface area contributed by atoms with E-state index in [4.69, 9.17) is 0 Å². The predicted molar refractivity (Wildman–Crippen MR) is 54.6 cm³/mol. The first-order valence-electron chi connectivity index (χ1n) is 5.55. The average Bonchev–Trinajstić information content (AvgIpc) is 2.43. The normalized spacial score (nSPS) is 29.2. The van der Waals surface area contributed by atoms with Crippen LogP contribution in [0.25, 0.3) is 0 Å². The minimum absolute atomic E-state index is 0.930. The van der Waals surface area contributed by atoms with Crippen LogP contribution in [0.5, 0.6) is 0 Å². The summed E-state index contributed by atoms with van der Waals surface area (Å²) in [7, 11) is 0. The van der Waals surface area contributed by atoms with E-state index in [1.807, 2.05) is 0 Å². The molecular formula is C12H17N. The van der Waals surface area contributed by atoms with Crippen LogP contribution in [-0.4, -0.2) is 24.0 Å². The molecule has 0 amide bonds. The molecule has 0 spiro atoms. The van der Waals surface area contributed by atoms with Gasteiger partial charge in [0, 0.05) is 19.1 Å². The van der Waals surface area contributed by atoms with Gasteiger partial charge < -0.3 is 0 Å². The van der Waals surface area contributed by atoms with Gasteiger partial charge in [-0.3, -0.25) is 4.90 Å². The van der Waals surface area contributed by atoms with Crippen LogP contribution in [-0.2, 0) is 0 Å². The van der Waals surface area contributed by atoms with Crippen molar-refractivity contribution in [3.63, 3.8) is 0 Å². The first-order valence-corrected chi connectivity index (χ1v) is 5.55. The minimum Gasteiger partial charge on any atom is -0.292 e. The molecule has 0 bridgehead atoms. The SMILES string of the molecule is C1=CC2=C(CC1)CN(C1CCC1)C2. The van der Waals surface area contributed by atoms with Crippen LogP contribution in [0.15, 0.2) is 23.3 Å². The third-order valence-corrected chi connectivity index (χ3v) is 3.74. The maximum absolute atomic E-state index is 2.68. The molecule has 0 unspecified atom stereocenters. The highest BCUT2D eigenvalue weighted by molar-refractivity contribution is 5.35. The molecule has 1 heterocycles. The van der Waals surface area contributed by atoms with Gasteiger partial charge in [0.2, 0.25) is 0 Å². The van der Waals surface area contributed by atoms with Crippen LogP contribution < -0.4 is 0 Å². The molecule has 0 aromatic carbocycles. The van der Waals surface area contributed by atoms with Gasteiger partial charge in [0.05, 0.1) is 0 Å². The van der Waals surface area contributed by atoms with Gasteiger partial charge in [0.25, 0.3) is 0 Å². The van der Waals surface area contributed by atoms with E-state index in [0.717, 1.165) is 6.04 Å². The Morgan fingerprint density at radius 2 is 2.15 bits per heavy atom. The summed E-state index contributed by atoms with van der Waals surface area (Å²) in [5, 5.41) is 0. The summed E-state index contributed by atoms with van der Waals surface area (Å²) >= 11 is 0. The largest absolute Gasteiger partial charge is 0.292 e. The van der Waals surface area contributed by atoms with E-state index in [2.05, 4.69) is 17.1 Å². The van der Waals surface area contributed by atoms with E-state index in [1.54, 1.807) is 11.1 Å². The standard InChI is InChI=1S/C12H17N/c1-2-5-11-9-13(8-10(11)4-1)12-6-3-7-12/h1,4,12H,2-3,5-9H2. The molecule has 2 aliphatic carbocycles. The van der Waals surface area contributed by atoms with Crippen molar-refractivity contribution in [2.75, 3.05) is 13.1 Å². The Balaban J connectivity index is 1.71. The zero-order chi connectivity index (χ0) is 8.67. The fourth-order valence-electron chi connectivity index (χ4n) is 2.64. The molecule has 0 radical (unpaired) electrons. The van der Waals surface area contributed by atoms with Crippen LogP contribution in [0.4, 0.5) is 0 Å². The zero-order valence-electron chi connectivity index (χ0n) is 8.13. The lowest BCUT2D eigenvalue weighted by molar-refractivity contribution is 0.162. The van der Waals surface area contributed by atoms with Crippen LogP contribution in [0.1, 0.15) is 32.1 Å². The number of hydrogen-bond acceptors (Lipinski definition) is 1. The highest BCUT2D eigenvalue weighted by Crippen LogP contribution is 2.33. The van der Waals surface area contributed by atoms with Gasteiger partial charge in [-0.25, -0.2) is 0 Å². The van der Waals surface area contributed by atoms with Crippen molar-refractivity contribution in [1.29, 1.82) is 0 Å². The monoisotopic (exact) mass is 175 g/mol. The fraction of sp³-hybridized carbons (Fsp3) is 0.667. The third-order valence-electron chi connectivity index (χ3n) is 3.74. The fourth-order valence-corrected chi connectivity index (χ4v) is 2.64. The molecule has 3 aliphatic rings. The molecular weight excluding hydrogens is 158 g/mol. The molecule has 3 rings (SSSR count). The first kappa shape index (κ1) is 7.81. The summed E-state index contributed by atoms with van der Waals surface area (Å²) in [5.41, 5.74) is 3.37.